The van der Waals surface area contributed by atoms with Gasteiger partial charge < -0.3 is 15.0 Å². The maximum absolute atomic E-state index is 13.5. The van der Waals surface area contributed by atoms with Crippen LogP contribution in [0.5, 0.6) is 0 Å². The number of ether oxygens (including phenoxy) is 1. The topological polar surface area (TPSA) is 58.6 Å². The molecule has 0 radical (unpaired) electrons. The molecule has 0 atom stereocenters. The van der Waals surface area contributed by atoms with Crippen molar-refractivity contribution in [3.63, 3.8) is 0 Å². The molecule has 0 bridgehead atoms. The summed E-state index contributed by atoms with van der Waals surface area (Å²) in [5.41, 5.74) is -0.0601. The number of hydrogen-bond donors (Lipinski definition) is 1. The van der Waals surface area contributed by atoms with Crippen LogP contribution in [-0.4, -0.2) is 36.1 Å². The molecule has 5 nitrogen and oxygen atoms in total. The van der Waals surface area contributed by atoms with E-state index < -0.39 is 11.7 Å². The lowest BCUT2D eigenvalue weighted by molar-refractivity contribution is -0.130. The summed E-state index contributed by atoms with van der Waals surface area (Å²) in [6, 6.07) is 6.38. The fourth-order valence-electron chi connectivity index (χ4n) is 1.91. The Labute approximate surface area is 136 Å². The molecule has 0 aliphatic heterocycles. The van der Waals surface area contributed by atoms with Crippen LogP contribution in [0, 0.1) is 5.82 Å². The van der Waals surface area contributed by atoms with Crippen molar-refractivity contribution in [2.75, 3.05) is 13.6 Å². The molecule has 0 spiro atoms. The molecule has 0 unspecified atom stereocenters. The van der Waals surface area contributed by atoms with E-state index in [0.29, 0.717) is 18.5 Å². The molecule has 6 heteroatoms. The zero-order valence-corrected chi connectivity index (χ0v) is 14.2. The van der Waals surface area contributed by atoms with Gasteiger partial charge in [-0.3, -0.25) is 4.79 Å². The number of halogens is 1. The van der Waals surface area contributed by atoms with Crippen LogP contribution in [0.2, 0.25) is 0 Å². The monoisotopic (exact) mass is 324 g/mol. The molecule has 1 N–H and O–H groups in total. The van der Waals surface area contributed by atoms with Gasteiger partial charge in [0.25, 0.3) is 0 Å². The van der Waals surface area contributed by atoms with E-state index in [4.69, 9.17) is 4.74 Å². The third kappa shape index (κ3) is 7.63. The van der Waals surface area contributed by atoms with Crippen LogP contribution >= 0.6 is 0 Å². The molecule has 2 amide bonds. The van der Waals surface area contributed by atoms with Crippen molar-refractivity contribution >= 4 is 12.0 Å². The molecule has 1 aromatic carbocycles. The lowest BCUT2D eigenvalue weighted by atomic mass is 10.2. The van der Waals surface area contributed by atoms with Crippen LogP contribution < -0.4 is 5.32 Å². The van der Waals surface area contributed by atoms with Crippen molar-refractivity contribution in [1.82, 2.24) is 10.2 Å². The van der Waals surface area contributed by atoms with E-state index in [1.807, 2.05) is 0 Å². The quantitative estimate of drug-likeness (QED) is 0.818. The van der Waals surface area contributed by atoms with E-state index >= 15 is 0 Å². The Balaban J connectivity index is 2.28. The highest BCUT2D eigenvalue weighted by atomic mass is 19.1. The second-order valence-corrected chi connectivity index (χ2v) is 6.37. The molecule has 1 rings (SSSR count). The molecule has 0 heterocycles. The standard InChI is InChI=1S/C17H25FN2O3/c1-17(2,3)23-16(22)19-11-7-10-15(21)20(4)12-13-8-5-6-9-14(13)18/h5-6,8-9H,7,10-12H2,1-4H3,(H,19,22). The number of amides is 2. The SMILES string of the molecule is CN(Cc1ccccc1F)C(=O)CCCNC(=O)OC(C)(C)C. The van der Waals surface area contributed by atoms with Gasteiger partial charge in [0.2, 0.25) is 5.91 Å². The Bertz CT molecular complexity index is 541. The highest BCUT2D eigenvalue weighted by Crippen LogP contribution is 2.10. The van der Waals surface area contributed by atoms with Crippen molar-refractivity contribution in [2.24, 2.45) is 0 Å². The summed E-state index contributed by atoms with van der Waals surface area (Å²) in [6.45, 7) is 5.94. The van der Waals surface area contributed by atoms with Gasteiger partial charge in [-0.15, -0.1) is 0 Å². The molecule has 0 aromatic heterocycles. The minimum absolute atomic E-state index is 0.0979. The van der Waals surface area contributed by atoms with Gasteiger partial charge in [0.05, 0.1) is 0 Å². The number of rotatable bonds is 6. The molecule has 23 heavy (non-hydrogen) atoms. The molecule has 0 saturated heterocycles. The Hall–Kier alpha value is -2.11. The highest BCUT2D eigenvalue weighted by Gasteiger charge is 2.16. The summed E-state index contributed by atoms with van der Waals surface area (Å²) in [4.78, 5) is 24.9. The van der Waals surface area contributed by atoms with Crippen LogP contribution in [0.1, 0.15) is 39.2 Å². The lowest BCUT2D eigenvalue weighted by Gasteiger charge is -2.20. The van der Waals surface area contributed by atoms with E-state index in [0.717, 1.165) is 0 Å². The largest absolute Gasteiger partial charge is 0.444 e. The van der Waals surface area contributed by atoms with Gasteiger partial charge in [-0.05, 0) is 33.3 Å². The minimum atomic E-state index is -0.542. The van der Waals surface area contributed by atoms with Crippen molar-refractivity contribution in [3.05, 3.63) is 35.6 Å². The molecular formula is C17H25FN2O3. The van der Waals surface area contributed by atoms with Crippen LogP contribution in [0.15, 0.2) is 24.3 Å². The van der Waals surface area contributed by atoms with Gasteiger partial charge in [0.1, 0.15) is 11.4 Å². The summed E-state index contributed by atoms with van der Waals surface area (Å²) >= 11 is 0. The van der Waals surface area contributed by atoms with Crippen molar-refractivity contribution < 1.29 is 18.7 Å². The summed E-state index contributed by atoms with van der Waals surface area (Å²) in [5.74, 6) is -0.419. The maximum Gasteiger partial charge on any atom is 0.407 e. The fraction of sp³-hybridized carbons (Fsp3) is 0.529. The highest BCUT2D eigenvalue weighted by molar-refractivity contribution is 5.76. The van der Waals surface area contributed by atoms with E-state index in [1.54, 1.807) is 46.0 Å². The molecule has 0 aliphatic rings. The molecule has 1 aromatic rings. The van der Waals surface area contributed by atoms with Crippen LogP contribution in [0.3, 0.4) is 0 Å². The third-order valence-electron chi connectivity index (χ3n) is 3.03. The van der Waals surface area contributed by atoms with E-state index in [-0.39, 0.29) is 24.7 Å². The van der Waals surface area contributed by atoms with Crippen LogP contribution in [-0.2, 0) is 16.1 Å². The first-order chi connectivity index (χ1) is 10.7. The van der Waals surface area contributed by atoms with Gasteiger partial charge >= 0.3 is 6.09 Å². The average molecular weight is 324 g/mol. The fourth-order valence-corrected chi connectivity index (χ4v) is 1.91. The average Bonchev–Trinajstić information content (AvgIpc) is 2.44. The Morgan fingerprint density at radius 1 is 1.26 bits per heavy atom. The van der Waals surface area contributed by atoms with E-state index in [2.05, 4.69) is 5.32 Å². The molecule has 128 valence electrons. The molecule has 0 saturated carbocycles. The molecule has 0 fully saturated rings. The Morgan fingerprint density at radius 2 is 1.91 bits per heavy atom. The summed E-state index contributed by atoms with van der Waals surface area (Å²) in [7, 11) is 1.63. The van der Waals surface area contributed by atoms with Crippen molar-refractivity contribution in [2.45, 2.75) is 45.8 Å². The van der Waals surface area contributed by atoms with Crippen molar-refractivity contribution in [1.29, 1.82) is 0 Å². The lowest BCUT2D eigenvalue weighted by Crippen LogP contribution is -2.33. The summed E-state index contributed by atoms with van der Waals surface area (Å²) in [6.07, 6.45) is 0.283. The smallest absolute Gasteiger partial charge is 0.407 e. The number of carbonyl (C=O) groups excluding carboxylic acids is 2. The normalized spacial score (nSPS) is 11.0. The summed E-state index contributed by atoms with van der Waals surface area (Å²) in [5, 5.41) is 2.60. The second kappa shape index (κ2) is 8.50. The number of benzene rings is 1. The van der Waals surface area contributed by atoms with Crippen LogP contribution in [0.4, 0.5) is 9.18 Å². The van der Waals surface area contributed by atoms with Gasteiger partial charge in [0.15, 0.2) is 0 Å². The zero-order chi connectivity index (χ0) is 17.5. The summed E-state index contributed by atoms with van der Waals surface area (Å²) < 4.78 is 18.6. The molecule has 0 aliphatic carbocycles. The Morgan fingerprint density at radius 3 is 2.52 bits per heavy atom. The van der Waals surface area contributed by atoms with Crippen molar-refractivity contribution in [3.8, 4) is 0 Å². The van der Waals surface area contributed by atoms with Gasteiger partial charge in [-0.1, -0.05) is 18.2 Å². The van der Waals surface area contributed by atoms with Gasteiger partial charge in [0, 0.05) is 32.1 Å². The first-order valence-corrected chi connectivity index (χ1v) is 7.63. The first-order valence-electron chi connectivity index (χ1n) is 7.63. The first kappa shape index (κ1) is 18.9. The maximum atomic E-state index is 13.5. The number of hydrogen-bond acceptors (Lipinski definition) is 3. The minimum Gasteiger partial charge on any atom is -0.444 e. The second-order valence-electron chi connectivity index (χ2n) is 6.37. The number of carbonyl (C=O) groups is 2. The van der Waals surface area contributed by atoms with E-state index in [1.165, 1.54) is 11.0 Å². The van der Waals surface area contributed by atoms with E-state index in [9.17, 15) is 14.0 Å². The predicted molar refractivity (Wildman–Crippen MR) is 86.3 cm³/mol. The van der Waals surface area contributed by atoms with Crippen LogP contribution in [0.25, 0.3) is 0 Å². The molecular weight excluding hydrogens is 299 g/mol. The van der Waals surface area contributed by atoms with Gasteiger partial charge in [-0.2, -0.15) is 0 Å². The Kier molecular flexibility index (Phi) is 7.00. The third-order valence-corrected chi connectivity index (χ3v) is 3.03. The predicted octanol–water partition coefficient (Wildman–Crippen LogP) is 3.09. The number of nitrogens with one attached hydrogen (secondary N) is 1. The number of alkyl carbamates (subject to hydrolysis) is 1. The number of nitrogens with zero attached hydrogens (tertiary/aromatic N) is 1. The zero-order valence-electron chi connectivity index (χ0n) is 14.2. The van der Waals surface area contributed by atoms with Gasteiger partial charge in [-0.25, -0.2) is 9.18 Å².